The summed E-state index contributed by atoms with van der Waals surface area (Å²) >= 11 is 1.49. The van der Waals surface area contributed by atoms with Crippen LogP contribution in [0, 0.1) is 0 Å². The number of aryl methyl sites for hydroxylation is 1. The van der Waals surface area contributed by atoms with Crippen LogP contribution >= 0.6 is 11.8 Å². The number of hydrogen-bond acceptors (Lipinski definition) is 5. The number of benzene rings is 1. The molecule has 0 aliphatic carbocycles. The lowest BCUT2D eigenvalue weighted by Gasteiger charge is -2.32. The zero-order chi connectivity index (χ0) is 21.0. The predicted molar refractivity (Wildman–Crippen MR) is 115 cm³/mol. The first-order valence-electron chi connectivity index (χ1n) is 10.1. The number of imidazole rings is 1. The molecule has 0 saturated carbocycles. The third-order valence-corrected chi connectivity index (χ3v) is 5.79. The molecule has 2 heterocycles. The number of alkyl carbamates (subject to hydrolysis) is 1. The van der Waals surface area contributed by atoms with Gasteiger partial charge in [-0.15, -0.1) is 0 Å². The van der Waals surface area contributed by atoms with E-state index in [0.717, 1.165) is 35.6 Å². The van der Waals surface area contributed by atoms with Crippen molar-refractivity contribution in [1.82, 2.24) is 19.8 Å². The van der Waals surface area contributed by atoms with Crippen molar-refractivity contribution in [1.29, 1.82) is 0 Å². The highest BCUT2D eigenvalue weighted by Crippen LogP contribution is 2.24. The van der Waals surface area contributed by atoms with Gasteiger partial charge >= 0.3 is 6.09 Å². The number of carbonyl (C=O) groups excluding carboxylic acids is 2. The second-order valence-corrected chi connectivity index (χ2v) is 9.16. The zero-order valence-corrected chi connectivity index (χ0v) is 18.4. The number of nitrogens with zero attached hydrogens (tertiary/aromatic N) is 3. The number of nitrogens with one attached hydrogen (secondary N) is 1. The van der Waals surface area contributed by atoms with Gasteiger partial charge in [-0.05, 0) is 52.7 Å². The Bertz CT molecular complexity index is 866. The van der Waals surface area contributed by atoms with Crippen LogP contribution in [-0.2, 0) is 16.1 Å². The molecule has 1 saturated heterocycles. The minimum atomic E-state index is -0.507. The lowest BCUT2D eigenvalue weighted by atomic mass is 10.1. The van der Waals surface area contributed by atoms with Gasteiger partial charge in [-0.1, -0.05) is 23.9 Å². The minimum Gasteiger partial charge on any atom is -0.444 e. The Hall–Kier alpha value is -2.22. The number of rotatable bonds is 5. The van der Waals surface area contributed by atoms with Gasteiger partial charge in [0.05, 0.1) is 16.8 Å². The van der Waals surface area contributed by atoms with E-state index in [-0.39, 0.29) is 11.9 Å². The fraction of sp³-hybridized carbons (Fsp3) is 0.571. The maximum atomic E-state index is 12.7. The van der Waals surface area contributed by atoms with Crippen LogP contribution in [-0.4, -0.2) is 56.9 Å². The van der Waals surface area contributed by atoms with E-state index in [0.29, 0.717) is 18.8 Å². The number of ether oxygens (including phenoxy) is 1. The van der Waals surface area contributed by atoms with Crippen molar-refractivity contribution in [3.63, 3.8) is 0 Å². The molecule has 0 atom stereocenters. The molecule has 1 aromatic heterocycles. The van der Waals surface area contributed by atoms with E-state index in [1.54, 1.807) is 0 Å². The highest BCUT2D eigenvalue weighted by Gasteiger charge is 2.26. The maximum Gasteiger partial charge on any atom is 0.407 e. The minimum absolute atomic E-state index is 0.0471. The Morgan fingerprint density at radius 3 is 2.59 bits per heavy atom. The zero-order valence-electron chi connectivity index (χ0n) is 17.6. The summed E-state index contributed by atoms with van der Waals surface area (Å²) in [6.07, 6.45) is 1.09. The largest absolute Gasteiger partial charge is 0.444 e. The average Bonchev–Trinajstić information content (AvgIpc) is 3.02. The molecule has 2 amide bonds. The van der Waals surface area contributed by atoms with Gasteiger partial charge in [-0.25, -0.2) is 9.78 Å². The standard InChI is InChI=1S/C21H30N4O3S/c1-5-25-17-9-7-6-8-16(17)23-19(25)29-14-18(26)24-12-10-15(11-13-24)22-20(27)28-21(2,3)4/h6-9,15H,5,10-14H2,1-4H3,(H,22,27). The van der Waals surface area contributed by atoms with E-state index in [1.807, 2.05) is 43.9 Å². The molecule has 3 rings (SSSR count). The monoisotopic (exact) mass is 418 g/mol. The average molecular weight is 419 g/mol. The number of para-hydroxylation sites is 2. The first-order valence-corrected chi connectivity index (χ1v) is 11.1. The van der Waals surface area contributed by atoms with E-state index >= 15 is 0 Å². The summed E-state index contributed by atoms with van der Waals surface area (Å²) in [6, 6.07) is 8.08. The van der Waals surface area contributed by atoms with Crippen molar-refractivity contribution in [2.45, 2.75) is 63.9 Å². The Labute approximate surface area is 176 Å². The fourth-order valence-electron chi connectivity index (χ4n) is 3.43. The Balaban J connectivity index is 1.49. The first kappa shape index (κ1) is 21.5. The number of piperidine rings is 1. The molecule has 0 bridgehead atoms. The molecular formula is C21H30N4O3S. The van der Waals surface area contributed by atoms with Crippen LogP contribution in [0.15, 0.2) is 29.4 Å². The van der Waals surface area contributed by atoms with Gasteiger partial charge < -0.3 is 19.5 Å². The summed E-state index contributed by atoms with van der Waals surface area (Å²) in [5, 5.41) is 3.78. The molecule has 1 fully saturated rings. The molecule has 8 heteroatoms. The molecule has 1 N–H and O–H groups in total. The SMILES string of the molecule is CCn1c(SCC(=O)N2CCC(NC(=O)OC(C)(C)C)CC2)nc2ccccc21. The third kappa shape index (κ3) is 5.65. The van der Waals surface area contributed by atoms with E-state index < -0.39 is 11.7 Å². The van der Waals surface area contributed by atoms with Crippen molar-refractivity contribution in [2.75, 3.05) is 18.8 Å². The molecular weight excluding hydrogens is 388 g/mol. The quantitative estimate of drug-likeness (QED) is 0.750. The van der Waals surface area contributed by atoms with Crippen LogP contribution in [0.3, 0.4) is 0 Å². The summed E-state index contributed by atoms with van der Waals surface area (Å²) in [6.45, 7) is 9.73. The lowest BCUT2D eigenvalue weighted by Crippen LogP contribution is -2.48. The number of amides is 2. The summed E-state index contributed by atoms with van der Waals surface area (Å²) in [5.41, 5.74) is 1.55. The Kier molecular flexibility index (Phi) is 6.72. The molecule has 0 radical (unpaired) electrons. The second-order valence-electron chi connectivity index (χ2n) is 8.22. The van der Waals surface area contributed by atoms with E-state index in [1.165, 1.54) is 11.8 Å². The van der Waals surface area contributed by atoms with E-state index in [4.69, 9.17) is 4.74 Å². The van der Waals surface area contributed by atoms with Crippen molar-refractivity contribution < 1.29 is 14.3 Å². The fourth-order valence-corrected chi connectivity index (χ4v) is 4.42. The van der Waals surface area contributed by atoms with Crippen LogP contribution < -0.4 is 5.32 Å². The normalized spacial score (nSPS) is 15.5. The summed E-state index contributed by atoms with van der Waals surface area (Å²) < 4.78 is 7.45. The van der Waals surface area contributed by atoms with E-state index in [9.17, 15) is 9.59 Å². The number of likely N-dealkylation sites (tertiary alicyclic amines) is 1. The highest BCUT2D eigenvalue weighted by atomic mass is 32.2. The molecule has 0 unspecified atom stereocenters. The predicted octanol–water partition coefficient (Wildman–Crippen LogP) is 3.66. The maximum absolute atomic E-state index is 12.7. The second kappa shape index (κ2) is 9.07. The summed E-state index contributed by atoms with van der Waals surface area (Å²) in [4.78, 5) is 31.1. The molecule has 2 aromatic rings. The molecule has 29 heavy (non-hydrogen) atoms. The van der Waals surface area contributed by atoms with Gasteiger partial charge in [0.1, 0.15) is 5.60 Å². The smallest absolute Gasteiger partial charge is 0.407 e. The molecule has 158 valence electrons. The molecule has 1 aliphatic heterocycles. The summed E-state index contributed by atoms with van der Waals surface area (Å²) in [7, 11) is 0. The van der Waals surface area contributed by atoms with Crippen molar-refractivity contribution in [3.8, 4) is 0 Å². The van der Waals surface area contributed by atoms with Gasteiger partial charge in [0.15, 0.2) is 5.16 Å². The van der Waals surface area contributed by atoms with Crippen LogP contribution in [0.2, 0.25) is 0 Å². The van der Waals surface area contributed by atoms with Gasteiger partial charge in [-0.2, -0.15) is 0 Å². The Morgan fingerprint density at radius 2 is 1.93 bits per heavy atom. The van der Waals surface area contributed by atoms with Crippen LogP contribution in [0.1, 0.15) is 40.5 Å². The van der Waals surface area contributed by atoms with Crippen molar-refractivity contribution >= 4 is 34.8 Å². The van der Waals surface area contributed by atoms with Gasteiger partial charge in [0, 0.05) is 25.7 Å². The van der Waals surface area contributed by atoms with Crippen molar-refractivity contribution in [3.05, 3.63) is 24.3 Å². The molecule has 7 nitrogen and oxygen atoms in total. The van der Waals surface area contributed by atoms with Crippen LogP contribution in [0.5, 0.6) is 0 Å². The first-order chi connectivity index (χ1) is 13.8. The van der Waals surface area contributed by atoms with Gasteiger partial charge in [-0.3, -0.25) is 4.79 Å². The van der Waals surface area contributed by atoms with E-state index in [2.05, 4.69) is 27.9 Å². The third-order valence-electron chi connectivity index (χ3n) is 4.83. The topological polar surface area (TPSA) is 76.5 Å². The Morgan fingerprint density at radius 1 is 1.24 bits per heavy atom. The molecule has 0 spiro atoms. The lowest BCUT2D eigenvalue weighted by molar-refractivity contribution is -0.129. The number of thioether (sulfide) groups is 1. The van der Waals surface area contributed by atoms with Crippen molar-refractivity contribution in [2.24, 2.45) is 0 Å². The van der Waals surface area contributed by atoms with Crippen LogP contribution in [0.25, 0.3) is 11.0 Å². The number of hydrogen-bond donors (Lipinski definition) is 1. The number of aromatic nitrogens is 2. The number of fused-ring (bicyclic) bond motifs is 1. The molecule has 1 aromatic carbocycles. The highest BCUT2D eigenvalue weighted by molar-refractivity contribution is 7.99. The van der Waals surface area contributed by atoms with Gasteiger partial charge in [0.25, 0.3) is 0 Å². The number of carbonyl (C=O) groups is 2. The summed E-state index contributed by atoms with van der Waals surface area (Å²) in [5.74, 6) is 0.480. The molecule has 1 aliphatic rings. The van der Waals surface area contributed by atoms with Crippen LogP contribution in [0.4, 0.5) is 4.79 Å². The van der Waals surface area contributed by atoms with Gasteiger partial charge in [0.2, 0.25) is 5.91 Å².